The van der Waals surface area contributed by atoms with Crippen LogP contribution in [0.1, 0.15) is 43.2 Å². The third-order valence-corrected chi connectivity index (χ3v) is 4.45. The van der Waals surface area contributed by atoms with Crippen molar-refractivity contribution >= 4 is 0 Å². The maximum Gasteiger partial charge on any atom is 0.119 e. The summed E-state index contributed by atoms with van der Waals surface area (Å²) in [5, 5.41) is 9.93. The van der Waals surface area contributed by atoms with E-state index >= 15 is 0 Å². The van der Waals surface area contributed by atoms with E-state index in [1.54, 1.807) is 0 Å². The number of likely N-dealkylation sites (tertiary alicyclic amines) is 1. The largest absolute Gasteiger partial charge is 0.508 e. The van der Waals surface area contributed by atoms with Gasteiger partial charge in [-0.25, -0.2) is 0 Å². The van der Waals surface area contributed by atoms with Crippen molar-refractivity contribution in [2.45, 2.75) is 44.6 Å². The van der Waals surface area contributed by atoms with Crippen LogP contribution in [-0.2, 0) is 6.42 Å². The molecule has 0 unspecified atom stereocenters. The van der Waals surface area contributed by atoms with Gasteiger partial charge < -0.3 is 5.11 Å². The maximum atomic E-state index is 9.93. The Morgan fingerprint density at radius 2 is 2.24 bits per heavy atom. The van der Waals surface area contributed by atoms with Gasteiger partial charge in [0.05, 0.1) is 0 Å². The van der Waals surface area contributed by atoms with Crippen molar-refractivity contribution in [3.05, 3.63) is 29.3 Å². The van der Waals surface area contributed by atoms with Crippen LogP contribution in [0.3, 0.4) is 0 Å². The van der Waals surface area contributed by atoms with Crippen LogP contribution in [-0.4, -0.2) is 29.1 Å². The normalized spacial score (nSPS) is 27.8. The molecule has 2 aliphatic rings. The fourth-order valence-corrected chi connectivity index (χ4v) is 3.73. The predicted molar refractivity (Wildman–Crippen MR) is 69.4 cm³/mol. The lowest BCUT2D eigenvalue weighted by atomic mass is 9.79. The smallest absolute Gasteiger partial charge is 0.119 e. The molecule has 0 spiro atoms. The molecule has 92 valence electrons. The van der Waals surface area contributed by atoms with E-state index in [0.717, 1.165) is 12.5 Å². The van der Waals surface area contributed by atoms with Crippen LogP contribution in [0.4, 0.5) is 0 Å². The molecule has 2 atom stereocenters. The summed E-state index contributed by atoms with van der Waals surface area (Å²) in [5.74, 6) is 1.17. The summed E-state index contributed by atoms with van der Waals surface area (Å²) >= 11 is 0. The minimum absolute atomic E-state index is 0.509. The number of hydrogen-bond acceptors (Lipinski definition) is 2. The zero-order valence-corrected chi connectivity index (χ0v) is 10.5. The van der Waals surface area contributed by atoms with Gasteiger partial charge in [-0.1, -0.05) is 19.1 Å². The van der Waals surface area contributed by atoms with Crippen LogP contribution in [0.25, 0.3) is 0 Å². The number of hydrogen-bond donors (Lipinski definition) is 1. The molecule has 1 aliphatic heterocycles. The Hall–Kier alpha value is -1.02. The summed E-state index contributed by atoms with van der Waals surface area (Å²) in [6.07, 6.45) is 4.77. The summed E-state index contributed by atoms with van der Waals surface area (Å²) in [6, 6.07) is 6.78. The van der Waals surface area contributed by atoms with E-state index in [-0.39, 0.29) is 0 Å². The number of fused-ring (bicyclic) bond motifs is 3. The van der Waals surface area contributed by atoms with Gasteiger partial charge >= 0.3 is 0 Å². The van der Waals surface area contributed by atoms with Gasteiger partial charge in [-0.05, 0) is 56.0 Å². The topological polar surface area (TPSA) is 23.5 Å². The van der Waals surface area contributed by atoms with Crippen LogP contribution >= 0.6 is 0 Å². The molecule has 1 heterocycles. The Labute approximate surface area is 103 Å². The molecule has 1 saturated heterocycles. The molecule has 0 bridgehead atoms. The molecular formula is C15H21NO. The average molecular weight is 231 g/mol. The molecule has 0 aromatic heterocycles. The highest BCUT2D eigenvalue weighted by atomic mass is 16.3. The highest BCUT2D eigenvalue weighted by Crippen LogP contribution is 2.43. The van der Waals surface area contributed by atoms with Crippen molar-refractivity contribution in [2.75, 3.05) is 13.1 Å². The van der Waals surface area contributed by atoms with Crippen LogP contribution in [0.5, 0.6) is 5.75 Å². The predicted octanol–water partition coefficient (Wildman–Crippen LogP) is 2.91. The molecule has 0 radical (unpaired) electrons. The lowest BCUT2D eigenvalue weighted by molar-refractivity contribution is 0.226. The van der Waals surface area contributed by atoms with Crippen molar-refractivity contribution in [1.29, 1.82) is 0 Å². The molecule has 1 aromatic rings. The van der Waals surface area contributed by atoms with Crippen molar-refractivity contribution in [3.8, 4) is 5.75 Å². The van der Waals surface area contributed by atoms with Crippen LogP contribution in [0.2, 0.25) is 0 Å². The summed E-state index contributed by atoms with van der Waals surface area (Å²) in [4.78, 5) is 2.65. The number of aromatic hydroxyl groups is 1. The first-order valence-electron chi connectivity index (χ1n) is 6.86. The zero-order chi connectivity index (χ0) is 11.8. The summed E-state index contributed by atoms with van der Waals surface area (Å²) in [6.45, 7) is 4.73. The van der Waals surface area contributed by atoms with Crippen LogP contribution < -0.4 is 0 Å². The molecule has 1 aromatic carbocycles. The molecule has 1 fully saturated rings. The van der Waals surface area contributed by atoms with Gasteiger partial charge in [0.15, 0.2) is 0 Å². The number of phenolic OH excluding ortho intramolecular Hbond substituents is 1. The van der Waals surface area contributed by atoms with E-state index in [1.807, 2.05) is 12.1 Å². The Balaban J connectivity index is 1.91. The van der Waals surface area contributed by atoms with E-state index in [2.05, 4.69) is 17.9 Å². The van der Waals surface area contributed by atoms with E-state index in [1.165, 1.54) is 43.5 Å². The Morgan fingerprint density at radius 1 is 1.35 bits per heavy atom. The van der Waals surface area contributed by atoms with Crippen LogP contribution in [0, 0.1) is 0 Å². The average Bonchev–Trinajstić information content (AvgIpc) is 2.74. The van der Waals surface area contributed by atoms with E-state index in [4.69, 9.17) is 0 Å². The van der Waals surface area contributed by atoms with Gasteiger partial charge in [0.1, 0.15) is 5.75 Å². The number of benzene rings is 1. The van der Waals surface area contributed by atoms with E-state index in [0.29, 0.717) is 11.7 Å². The van der Waals surface area contributed by atoms with E-state index < -0.39 is 0 Å². The second kappa shape index (κ2) is 4.34. The second-order valence-corrected chi connectivity index (χ2v) is 5.38. The van der Waals surface area contributed by atoms with Gasteiger partial charge in [0, 0.05) is 12.0 Å². The number of nitrogens with zero attached hydrogens (tertiary/aromatic N) is 1. The highest BCUT2D eigenvalue weighted by molar-refractivity contribution is 5.44. The maximum absolute atomic E-state index is 9.93. The quantitative estimate of drug-likeness (QED) is 0.846. The van der Waals surface area contributed by atoms with Crippen molar-refractivity contribution < 1.29 is 5.11 Å². The first-order chi connectivity index (χ1) is 8.31. The molecule has 1 aliphatic carbocycles. The Morgan fingerprint density at radius 3 is 3.06 bits per heavy atom. The minimum Gasteiger partial charge on any atom is -0.508 e. The summed E-state index contributed by atoms with van der Waals surface area (Å²) in [7, 11) is 0. The van der Waals surface area contributed by atoms with Gasteiger partial charge in [-0.15, -0.1) is 0 Å². The lowest BCUT2D eigenvalue weighted by Gasteiger charge is -2.33. The second-order valence-electron chi connectivity index (χ2n) is 5.38. The number of rotatable bonds is 2. The Kier molecular flexibility index (Phi) is 2.83. The molecule has 2 heteroatoms. The monoisotopic (exact) mass is 231 g/mol. The zero-order valence-electron chi connectivity index (χ0n) is 10.5. The third kappa shape index (κ3) is 1.75. The summed E-state index contributed by atoms with van der Waals surface area (Å²) < 4.78 is 0. The first-order valence-corrected chi connectivity index (χ1v) is 6.86. The van der Waals surface area contributed by atoms with Crippen LogP contribution in [0.15, 0.2) is 18.2 Å². The molecule has 0 saturated carbocycles. The molecule has 17 heavy (non-hydrogen) atoms. The van der Waals surface area contributed by atoms with Gasteiger partial charge in [-0.3, -0.25) is 4.90 Å². The van der Waals surface area contributed by atoms with Crippen molar-refractivity contribution in [1.82, 2.24) is 4.90 Å². The lowest BCUT2D eigenvalue weighted by Crippen LogP contribution is -2.35. The van der Waals surface area contributed by atoms with E-state index in [9.17, 15) is 5.11 Å². The van der Waals surface area contributed by atoms with Crippen molar-refractivity contribution in [2.24, 2.45) is 0 Å². The van der Waals surface area contributed by atoms with Crippen molar-refractivity contribution in [3.63, 3.8) is 0 Å². The third-order valence-electron chi connectivity index (χ3n) is 4.45. The molecule has 0 amide bonds. The molecule has 3 rings (SSSR count). The SMILES string of the molecule is CCCN1CC[C@H]2c3cccc(O)c3CC[C@@H]21. The highest BCUT2D eigenvalue weighted by Gasteiger charge is 2.38. The van der Waals surface area contributed by atoms with Gasteiger partial charge in [-0.2, -0.15) is 0 Å². The first kappa shape index (κ1) is 11.1. The minimum atomic E-state index is 0.509. The number of phenols is 1. The Bertz CT molecular complexity index is 415. The molecule has 2 nitrogen and oxygen atoms in total. The van der Waals surface area contributed by atoms with Gasteiger partial charge in [0.2, 0.25) is 0 Å². The fourth-order valence-electron chi connectivity index (χ4n) is 3.73. The standard InChI is InChI=1S/C15H21NO/c1-2-9-16-10-8-12-11-4-3-5-15(17)13(11)6-7-14(12)16/h3-5,12,14,17H,2,6-10H2,1H3/t12-,14-/m0/s1. The fraction of sp³-hybridized carbons (Fsp3) is 0.600. The van der Waals surface area contributed by atoms with Gasteiger partial charge in [0.25, 0.3) is 0 Å². The molecular weight excluding hydrogens is 210 g/mol. The summed E-state index contributed by atoms with van der Waals surface area (Å²) in [5.41, 5.74) is 2.63. The molecule has 1 N–H and O–H groups in total.